The van der Waals surface area contributed by atoms with E-state index in [1.165, 1.54) is 32.1 Å². The topological polar surface area (TPSA) is 0 Å². The summed E-state index contributed by atoms with van der Waals surface area (Å²) in [5.74, 6) is 0. The van der Waals surface area contributed by atoms with Crippen molar-refractivity contribution in [3.05, 3.63) is 22.3 Å². The van der Waals surface area contributed by atoms with E-state index in [4.69, 9.17) is 0 Å². The van der Waals surface area contributed by atoms with Gasteiger partial charge in [0.05, 0.1) is 0 Å². The SMILES string of the molecule is CC[C]1([Ti])C(C)=C(C)C2=C1CCCC2. The van der Waals surface area contributed by atoms with Gasteiger partial charge in [-0.05, 0) is 0 Å². The van der Waals surface area contributed by atoms with Crippen LogP contribution in [0.3, 0.4) is 0 Å². The van der Waals surface area contributed by atoms with E-state index in [1.54, 1.807) is 22.3 Å². The van der Waals surface area contributed by atoms with Crippen molar-refractivity contribution < 1.29 is 20.4 Å². The van der Waals surface area contributed by atoms with Gasteiger partial charge in [-0.2, -0.15) is 0 Å². The predicted octanol–water partition coefficient (Wildman–Crippen LogP) is 4.32. The van der Waals surface area contributed by atoms with Gasteiger partial charge < -0.3 is 0 Å². The Labute approximate surface area is 99.3 Å². The molecule has 0 aromatic carbocycles. The Kier molecular flexibility index (Phi) is 2.79. The molecule has 0 aromatic rings. The Balaban J connectivity index is 2.50. The third kappa shape index (κ3) is 1.31. The summed E-state index contributed by atoms with van der Waals surface area (Å²) in [7, 11) is 0. The Morgan fingerprint density at radius 1 is 1.21 bits per heavy atom. The first-order chi connectivity index (χ1) is 6.61. The summed E-state index contributed by atoms with van der Waals surface area (Å²) in [4.78, 5) is 0. The van der Waals surface area contributed by atoms with E-state index in [1.807, 2.05) is 0 Å². The molecule has 14 heavy (non-hydrogen) atoms. The van der Waals surface area contributed by atoms with Gasteiger partial charge in [-0.1, -0.05) is 0 Å². The van der Waals surface area contributed by atoms with Crippen molar-refractivity contribution in [1.82, 2.24) is 0 Å². The van der Waals surface area contributed by atoms with Crippen molar-refractivity contribution in [2.75, 3.05) is 0 Å². The molecule has 0 amide bonds. The zero-order valence-corrected chi connectivity index (χ0v) is 11.1. The molecule has 75 valence electrons. The maximum atomic E-state index is 2.44. The molecule has 2 aliphatic rings. The van der Waals surface area contributed by atoms with Crippen LogP contribution in [0.4, 0.5) is 0 Å². The fourth-order valence-electron chi connectivity index (χ4n) is 3.04. The monoisotopic (exact) mass is 223 g/mol. The van der Waals surface area contributed by atoms with E-state index in [0.717, 1.165) is 0 Å². The molecule has 0 bridgehead atoms. The first-order valence-corrected chi connectivity index (χ1v) is 6.55. The van der Waals surface area contributed by atoms with Gasteiger partial charge in [0.1, 0.15) is 0 Å². The van der Waals surface area contributed by atoms with Gasteiger partial charge in [-0.25, -0.2) is 0 Å². The molecule has 1 heteroatoms. The average Bonchev–Trinajstić information content (AvgIpc) is 2.43. The van der Waals surface area contributed by atoms with Crippen LogP contribution in [0.1, 0.15) is 52.9 Å². The molecule has 0 aliphatic heterocycles. The minimum atomic E-state index is 0.417. The van der Waals surface area contributed by atoms with Gasteiger partial charge in [0.25, 0.3) is 0 Å². The summed E-state index contributed by atoms with van der Waals surface area (Å²) in [6.07, 6.45) is 6.79. The molecule has 0 aromatic heterocycles. The van der Waals surface area contributed by atoms with Crippen LogP contribution in [0.25, 0.3) is 0 Å². The quantitative estimate of drug-likeness (QED) is 0.580. The van der Waals surface area contributed by atoms with Crippen LogP contribution in [0, 0.1) is 0 Å². The molecule has 0 spiro atoms. The first-order valence-electron chi connectivity index (χ1n) is 5.77. The molecule has 2 aliphatic carbocycles. The van der Waals surface area contributed by atoms with Crippen LogP contribution >= 0.6 is 0 Å². The van der Waals surface area contributed by atoms with Crippen LogP contribution in [0.5, 0.6) is 0 Å². The molecule has 0 nitrogen and oxygen atoms in total. The normalized spacial score (nSPS) is 32.4. The van der Waals surface area contributed by atoms with Crippen LogP contribution < -0.4 is 0 Å². The fourth-order valence-corrected chi connectivity index (χ4v) is 3.77. The zero-order valence-electron chi connectivity index (χ0n) is 9.54. The number of rotatable bonds is 1. The van der Waals surface area contributed by atoms with E-state index in [0.29, 0.717) is 3.72 Å². The molecule has 1 unspecified atom stereocenters. The van der Waals surface area contributed by atoms with E-state index in [2.05, 4.69) is 41.2 Å². The van der Waals surface area contributed by atoms with Crippen molar-refractivity contribution in [2.24, 2.45) is 0 Å². The molecule has 0 saturated carbocycles. The van der Waals surface area contributed by atoms with Gasteiger partial charge in [0, 0.05) is 0 Å². The van der Waals surface area contributed by atoms with Crippen molar-refractivity contribution in [2.45, 2.75) is 56.6 Å². The van der Waals surface area contributed by atoms with Crippen LogP contribution in [-0.4, -0.2) is 0 Å². The second kappa shape index (κ2) is 3.65. The summed E-state index contributed by atoms with van der Waals surface area (Å²) in [5, 5.41) is 0. The summed E-state index contributed by atoms with van der Waals surface area (Å²) in [6, 6.07) is 0. The van der Waals surface area contributed by atoms with Gasteiger partial charge >= 0.3 is 99.3 Å². The Bertz CT molecular complexity index is 322. The van der Waals surface area contributed by atoms with Crippen molar-refractivity contribution in [1.29, 1.82) is 0 Å². The minimum absolute atomic E-state index is 0.417. The van der Waals surface area contributed by atoms with Gasteiger partial charge in [0.15, 0.2) is 0 Å². The molecule has 0 heterocycles. The van der Waals surface area contributed by atoms with Crippen LogP contribution in [-0.2, 0) is 20.4 Å². The van der Waals surface area contributed by atoms with Crippen molar-refractivity contribution in [3.63, 3.8) is 0 Å². The zero-order chi connectivity index (χ0) is 10.3. The maximum absolute atomic E-state index is 2.44. The summed E-state index contributed by atoms with van der Waals surface area (Å²) < 4.78 is 0.417. The van der Waals surface area contributed by atoms with Crippen molar-refractivity contribution in [3.8, 4) is 0 Å². The average molecular weight is 223 g/mol. The molecule has 1 atom stereocenters. The molecule has 0 radical (unpaired) electrons. The first kappa shape index (κ1) is 10.7. The molecular formula is C13H19Ti. The van der Waals surface area contributed by atoms with E-state index in [9.17, 15) is 0 Å². The standard InChI is InChI=1S/C13H19.Ti/c1-4-11-9(2)10(3)12-7-5-6-8-13(11)12;/h4-8H2,1-3H3;. The number of allylic oxidation sites excluding steroid dienone is 4. The summed E-state index contributed by atoms with van der Waals surface area (Å²) >= 11 is 2.44. The van der Waals surface area contributed by atoms with Gasteiger partial charge in [0.2, 0.25) is 0 Å². The summed E-state index contributed by atoms with van der Waals surface area (Å²) in [6.45, 7) is 7.01. The van der Waals surface area contributed by atoms with Crippen molar-refractivity contribution >= 4 is 0 Å². The van der Waals surface area contributed by atoms with E-state index < -0.39 is 0 Å². The van der Waals surface area contributed by atoms with Crippen LogP contribution in [0.2, 0.25) is 3.72 Å². The number of hydrogen-bond donors (Lipinski definition) is 0. The van der Waals surface area contributed by atoms with E-state index in [-0.39, 0.29) is 0 Å². The Hall–Kier alpha value is 0.194. The second-order valence-electron chi connectivity index (χ2n) is 4.67. The molecule has 2 rings (SSSR count). The molecule has 0 N–H and O–H groups in total. The summed E-state index contributed by atoms with van der Waals surface area (Å²) in [5.41, 5.74) is 6.76. The van der Waals surface area contributed by atoms with E-state index >= 15 is 0 Å². The molecule has 0 fully saturated rings. The molecular weight excluding hydrogens is 204 g/mol. The van der Waals surface area contributed by atoms with Gasteiger partial charge in [-0.15, -0.1) is 0 Å². The number of hydrogen-bond acceptors (Lipinski definition) is 0. The Morgan fingerprint density at radius 2 is 1.86 bits per heavy atom. The predicted molar refractivity (Wildman–Crippen MR) is 56.9 cm³/mol. The third-order valence-electron chi connectivity index (χ3n) is 4.17. The third-order valence-corrected chi connectivity index (χ3v) is 5.78. The fraction of sp³-hybridized carbons (Fsp3) is 0.692. The Morgan fingerprint density at radius 3 is 2.50 bits per heavy atom. The molecule has 0 saturated heterocycles. The van der Waals surface area contributed by atoms with Crippen LogP contribution in [0.15, 0.2) is 22.3 Å². The van der Waals surface area contributed by atoms with Gasteiger partial charge in [-0.3, -0.25) is 0 Å². The second-order valence-corrected chi connectivity index (χ2v) is 6.01.